The van der Waals surface area contributed by atoms with Gasteiger partial charge in [-0.2, -0.15) is 0 Å². The summed E-state index contributed by atoms with van der Waals surface area (Å²) in [6.45, 7) is 30.0. The molecule has 16 rings (SSSR count). The minimum Gasteiger partial charge on any atom is -0.456 e. The SMILES string of the molecule is CC(C)(C)c1cc2c3c(c1)C1(C)CCCCC1(C)N3c1cc(N3c4ccc(-c5ccccc5)cc4C4(C)CCCCC34C)cc3c1B2c1ccc2oc4ccc5cc4c2c1N3c1cc(c(C(C)(C)C)cc1-c1ccccc1)C5(C)C. The van der Waals surface area contributed by atoms with E-state index in [2.05, 4.69) is 243 Å². The molecule has 9 aromatic rings. The molecule has 2 saturated carbocycles. The number of benzene rings is 8. The Morgan fingerprint density at radius 1 is 0.475 bits per heavy atom. The van der Waals surface area contributed by atoms with E-state index in [-0.39, 0.29) is 44.9 Å². The molecule has 0 amide bonds. The van der Waals surface area contributed by atoms with Crippen molar-refractivity contribution in [1.82, 2.24) is 0 Å². The van der Waals surface area contributed by atoms with Crippen molar-refractivity contribution in [3.8, 4) is 22.3 Å². The van der Waals surface area contributed by atoms with E-state index in [1.807, 2.05) is 0 Å². The van der Waals surface area contributed by atoms with Crippen molar-refractivity contribution in [2.45, 2.75) is 173 Å². The highest BCUT2D eigenvalue weighted by molar-refractivity contribution is 7.00. The molecule has 4 bridgehead atoms. The van der Waals surface area contributed by atoms with Crippen LogP contribution in [-0.4, -0.2) is 17.8 Å². The number of nitrogens with zero attached hydrogens (tertiary/aromatic N) is 3. The molecular weight excluding hydrogens is 970 g/mol. The van der Waals surface area contributed by atoms with Gasteiger partial charge in [-0.15, -0.1) is 0 Å². The van der Waals surface area contributed by atoms with E-state index < -0.39 is 0 Å². The van der Waals surface area contributed by atoms with Gasteiger partial charge in [0, 0.05) is 55.6 Å². The Bertz CT molecular complexity index is 4170. The highest BCUT2D eigenvalue weighted by atomic mass is 16.3. The molecule has 5 heteroatoms. The van der Waals surface area contributed by atoms with Crippen molar-refractivity contribution in [2.24, 2.45) is 0 Å². The third kappa shape index (κ3) is 6.05. The molecule has 0 saturated heterocycles. The van der Waals surface area contributed by atoms with Crippen LogP contribution < -0.4 is 31.1 Å². The summed E-state index contributed by atoms with van der Waals surface area (Å²) < 4.78 is 7.14. The molecule has 4 atom stereocenters. The fourth-order valence-electron chi connectivity index (χ4n) is 17.7. The van der Waals surface area contributed by atoms with Crippen LogP contribution in [0.15, 0.2) is 150 Å². The Kier molecular flexibility index (Phi) is 9.61. The molecule has 0 radical (unpaired) electrons. The third-order valence-corrected chi connectivity index (χ3v) is 22.6. The lowest BCUT2D eigenvalue weighted by molar-refractivity contribution is 0.194. The van der Waals surface area contributed by atoms with Crippen LogP contribution in [0.25, 0.3) is 44.2 Å². The summed E-state index contributed by atoms with van der Waals surface area (Å²) in [6.07, 6.45) is 9.53. The van der Waals surface area contributed by atoms with E-state index in [9.17, 15) is 0 Å². The molecule has 0 spiro atoms. The van der Waals surface area contributed by atoms with Gasteiger partial charge in [0.25, 0.3) is 6.71 Å². The normalized spacial score (nSPS) is 24.6. The van der Waals surface area contributed by atoms with E-state index in [1.165, 1.54) is 149 Å². The molecule has 2 aliphatic carbocycles. The van der Waals surface area contributed by atoms with Crippen LogP contribution in [-0.2, 0) is 27.1 Å². The maximum Gasteiger partial charge on any atom is 0.252 e. The average molecular weight is 1050 g/mol. The Morgan fingerprint density at radius 3 is 1.82 bits per heavy atom. The van der Waals surface area contributed by atoms with Gasteiger partial charge in [-0.3, -0.25) is 0 Å². The monoisotopic (exact) mass is 1050 g/mol. The first-order valence-corrected chi connectivity index (χ1v) is 30.4. The number of rotatable bonds is 3. The van der Waals surface area contributed by atoms with E-state index in [1.54, 1.807) is 5.56 Å². The molecule has 4 nitrogen and oxygen atoms in total. The molecule has 400 valence electrons. The first-order chi connectivity index (χ1) is 38.2. The highest BCUT2D eigenvalue weighted by Crippen LogP contribution is 2.66. The lowest BCUT2D eigenvalue weighted by Gasteiger charge is -2.54. The standard InChI is InChI=1S/C75H76BN3O/c1-69(2,3)49-39-56-67-58(40-49)76-57-29-32-64-65-52-38-48(28-31-63(52)80-64)71(7,8)54-44-60(51(43-53(54)70(4,5)6)46-25-17-14-18-26-46)77(68(57)65)61-41-50(42-62(66(61)76)79(67)75(12)36-22-20-34-73(56,75)10)78-59-30-27-47(45-23-15-13-16-24-45)37-55(59)72(9)33-19-21-35-74(72,78)11/h13-18,23-32,37-44H,19-22,33-36H2,1-12H3. The van der Waals surface area contributed by atoms with Crippen molar-refractivity contribution in [2.75, 3.05) is 14.7 Å². The summed E-state index contributed by atoms with van der Waals surface area (Å²) >= 11 is 0. The number of anilines is 7. The number of hydrogen-bond donors (Lipinski definition) is 0. The van der Waals surface area contributed by atoms with Gasteiger partial charge in [-0.25, -0.2) is 0 Å². The van der Waals surface area contributed by atoms with Gasteiger partial charge in [-0.1, -0.05) is 186 Å². The average Bonchev–Trinajstić information content (AvgIpc) is 3.45. The van der Waals surface area contributed by atoms with Gasteiger partial charge in [0.15, 0.2) is 0 Å². The lowest BCUT2D eigenvalue weighted by atomic mass is 9.33. The van der Waals surface area contributed by atoms with Crippen molar-refractivity contribution in [3.05, 3.63) is 179 Å². The van der Waals surface area contributed by atoms with Crippen molar-refractivity contribution in [3.63, 3.8) is 0 Å². The maximum atomic E-state index is 7.14. The van der Waals surface area contributed by atoms with Crippen LogP contribution in [0.4, 0.5) is 39.8 Å². The predicted molar refractivity (Wildman–Crippen MR) is 339 cm³/mol. The molecule has 80 heavy (non-hydrogen) atoms. The van der Waals surface area contributed by atoms with Gasteiger partial charge in [0.05, 0.1) is 27.8 Å². The zero-order valence-electron chi connectivity index (χ0n) is 49.3. The summed E-state index contributed by atoms with van der Waals surface area (Å²) in [5, 5.41) is 2.40. The third-order valence-electron chi connectivity index (χ3n) is 22.6. The molecule has 8 aromatic carbocycles. The lowest BCUT2D eigenvalue weighted by Crippen LogP contribution is -2.64. The van der Waals surface area contributed by atoms with E-state index in [0.717, 1.165) is 30.4 Å². The van der Waals surface area contributed by atoms with Gasteiger partial charge in [0.1, 0.15) is 11.2 Å². The van der Waals surface area contributed by atoms with Gasteiger partial charge in [0.2, 0.25) is 0 Å². The van der Waals surface area contributed by atoms with Crippen LogP contribution >= 0.6 is 0 Å². The van der Waals surface area contributed by atoms with E-state index >= 15 is 0 Å². The van der Waals surface area contributed by atoms with Crippen LogP contribution in [0, 0.1) is 0 Å². The fourth-order valence-corrected chi connectivity index (χ4v) is 17.7. The maximum absolute atomic E-state index is 7.14. The minimum absolute atomic E-state index is 0.0276. The molecule has 4 unspecified atom stereocenters. The van der Waals surface area contributed by atoms with E-state index in [4.69, 9.17) is 4.42 Å². The summed E-state index contributed by atoms with van der Waals surface area (Å²) in [7, 11) is 0. The predicted octanol–water partition coefficient (Wildman–Crippen LogP) is 18.3. The van der Waals surface area contributed by atoms with Crippen LogP contribution in [0.1, 0.15) is 168 Å². The molecule has 2 fully saturated rings. The zero-order chi connectivity index (χ0) is 55.0. The second-order valence-electron chi connectivity index (χ2n) is 29.1. The molecule has 6 heterocycles. The molecule has 0 N–H and O–H groups in total. The topological polar surface area (TPSA) is 22.9 Å². The number of fused-ring (bicyclic) bond motifs is 14. The Morgan fingerprint density at radius 2 is 1.12 bits per heavy atom. The van der Waals surface area contributed by atoms with Crippen molar-refractivity contribution < 1.29 is 4.42 Å². The zero-order valence-corrected chi connectivity index (χ0v) is 49.3. The van der Waals surface area contributed by atoms with Crippen molar-refractivity contribution in [1.29, 1.82) is 0 Å². The fraction of sp³-hybridized carbons (Fsp3) is 0.360. The van der Waals surface area contributed by atoms with E-state index in [0.29, 0.717) is 0 Å². The summed E-state index contributed by atoms with van der Waals surface area (Å²) in [4.78, 5) is 8.65. The van der Waals surface area contributed by atoms with Crippen LogP contribution in [0.5, 0.6) is 0 Å². The minimum atomic E-state index is -0.342. The van der Waals surface area contributed by atoms with Crippen LogP contribution in [0.2, 0.25) is 0 Å². The second kappa shape index (κ2) is 15.7. The first-order valence-electron chi connectivity index (χ1n) is 30.4. The molecule has 1 aromatic heterocycles. The summed E-state index contributed by atoms with van der Waals surface area (Å²) in [6, 6.07) is 57.8. The second-order valence-corrected chi connectivity index (χ2v) is 29.1. The van der Waals surface area contributed by atoms with Gasteiger partial charge in [-0.05, 0) is 171 Å². The van der Waals surface area contributed by atoms with Crippen LogP contribution in [0.3, 0.4) is 0 Å². The number of hydrogen-bond acceptors (Lipinski definition) is 4. The molecule has 5 aliphatic heterocycles. The Hall–Kier alpha value is -6.98. The van der Waals surface area contributed by atoms with Gasteiger partial charge >= 0.3 is 0 Å². The smallest absolute Gasteiger partial charge is 0.252 e. The van der Waals surface area contributed by atoms with Crippen molar-refractivity contribution >= 4 is 84.9 Å². The molecule has 7 aliphatic rings. The number of furan rings is 1. The highest BCUT2D eigenvalue weighted by Gasteiger charge is 2.63. The largest absolute Gasteiger partial charge is 0.456 e. The Labute approximate surface area is 475 Å². The first kappa shape index (κ1) is 48.9. The summed E-state index contributed by atoms with van der Waals surface area (Å²) in [5.41, 5.74) is 28.0. The Balaban J connectivity index is 1.10. The molecular formula is C75H76BN3O. The quantitative estimate of drug-likeness (QED) is 0.165. The van der Waals surface area contributed by atoms with Gasteiger partial charge < -0.3 is 19.1 Å². The summed E-state index contributed by atoms with van der Waals surface area (Å²) in [5.74, 6) is 0.